The molecule has 27 heavy (non-hydrogen) atoms. The van der Waals surface area contributed by atoms with Gasteiger partial charge in [0.1, 0.15) is 17.3 Å². The normalized spacial score (nSPS) is 11.0. The molecule has 0 fully saturated rings. The van der Waals surface area contributed by atoms with Gasteiger partial charge in [0.2, 0.25) is 0 Å². The van der Waals surface area contributed by atoms with E-state index in [2.05, 4.69) is 4.98 Å². The third kappa shape index (κ3) is 2.89. The Morgan fingerprint density at radius 2 is 1.85 bits per heavy atom. The molecule has 0 saturated heterocycles. The van der Waals surface area contributed by atoms with E-state index in [0.717, 1.165) is 11.1 Å². The fourth-order valence-electron chi connectivity index (χ4n) is 3.20. The van der Waals surface area contributed by atoms with E-state index in [4.69, 9.17) is 0 Å². The average Bonchev–Trinajstić information content (AvgIpc) is 2.69. The fraction of sp³-hybridized carbons (Fsp3) is 0.143. The summed E-state index contributed by atoms with van der Waals surface area (Å²) in [4.78, 5) is 30.2. The average molecular weight is 356 g/mol. The quantitative estimate of drug-likeness (QED) is 0.528. The summed E-state index contributed by atoms with van der Waals surface area (Å²) < 4.78 is 2.88. The molecule has 4 aromatic rings. The Bertz CT molecular complexity index is 1330. The lowest BCUT2D eigenvalue weighted by atomic mass is 10.1. The maximum absolute atomic E-state index is 12.9. The molecule has 6 heteroatoms. The molecule has 0 atom stereocenters. The molecule has 3 aromatic heterocycles. The van der Waals surface area contributed by atoms with Crippen LogP contribution in [-0.2, 0) is 13.0 Å². The maximum atomic E-state index is 12.9. The molecule has 0 spiro atoms. The molecule has 0 unspecified atom stereocenters. The number of fused-ring (bicyclic) bond motifs is 2. The first-order valence-corrected chi connectivity index (χ1v) is 8.59. The second-order valence-electron chi connectivity index (χ2n) is 6.45. The standard InChI is InChI=1S/C21H16N4O2/c1-14-7-8-18-23-19-17(21(27)25(18)13-14)11-16(12-22)20(26)24(19)10-9-15-5-3-2-4-6-15/h2-8,11,13H,9-10H2,1H3. The number of nitriles is 1. The van der Waals surface area contributed by atoms with E-state index >= 15 is 0 Å². The summed E-state index contributed by atoms with van der Waals surface area (Å²) in [5, 5.41) is 9.61. The molecule has 1 aromatic carbocycles. The second-order valence-corrected chi connectivity index (χ2v) is 6.45. The SMILES string of the molecule is Cc1ccc2nc3c(cc(C#N)c(=O)n3CCc3ccccc3)c(=O)n2c1. The van der Waals surface area contributed by atoms with Gasteiger partial charge in [-0.25, -0.2) is 4.98 Å². The van der Waals surface area contributed by atoms with E-state index in [1.807, 2.05) is 49.4 Å². The molecule has 0 bridgehead atoms. The van der Waals surface area contributed by atoms with Crippen molar-refractivity contribution in [3.05, 3.63) is 92.1 Å². The molecule has 0 aliphatic carbocycles. The third-order valence-electron chi connectivity index (χ3n) is 4.59. The fourth-order valence-corrected chi connectivity index (χ4v) is 3.20. The number of hydrogen-bond acceptors (Lipinski definition) is 4. The third-order valence-corrected chi connectivity index (χ3v) is 4.59. The summed E-state index contributed by atoms with van der Waals surface area (Å²) in [7, 11) is 0. The van der Waals surface area contributed by atoms with Crippen molar-refractivity contribution in [1.29, 1.82) is 5.26 Å². The number of pyridine rings is 2. The number of rotatable bonds is 3. The molecule has 0 aliphatic heterocycles. The highest BCUT2D eigenvalue weighted by Gasteiger charge is 2.15. The van der Waals surface area contributed by atoms with Gasteiger partial charge in [-0.1, -0.05) is 36.4 Å². The van der Waals surface area contributed by atoms with Gasteiger partial charge in [0.15, 0.2) is 5.65 Å². The van der Waals surface area contributed by atoms with Gasteiger partial charge in [-0.2, -0.15) is 5.26 Å². The summed E-state index contributed by atoms with van der Waals surface area (Å²) in [5.41, 5.74) is 1.99. The van der Waals surface area contributed by atoms with Crippen LogP contribution < -0.4 is 11.1 Å². The van der Waals surface area contributed by atoms with Crippen LogP contribution in [0.2, 0.25) is 0 Å². The van der Waals surface area contributed by atoms with Crippen LogP contribution in [0.1, 0.15) is 16.7 Å². The topological polar surface area (TPSA) is 80.2 Å². The first-order chi connectivity index (χ1) is 13.1. The zero-order valence-electron chi connectivity index (χ0n) is 14.7. The number of benzene rings is 1. The zero-order valence-corrected chi connectivity index (χ0v) is 14.7. The Labute approximate surface area is 154 Å². The smallest absolute Gasteiger partial charge is 0.270 e. The van der Waals surface area contributed by atoms with Crippen LogP contribution in [0.3, 0.4) is 0 Å². The van der Waals surface area contributed by atoms with Gasteiger partial charge in [-0.15, -0.1) is 0 Å². The van der Waals surface area contributed by atoms with Crippen LogP contribution in [0, 0.1) is 18.3 Å². The lowest BCUT2D eigenvalue weighted by molar-refractivity contribution is 0.686. The summed E-state index contributed by atoms with van der Waals surface area (Å²) in [6.07, 6.45) is 2.30. The summed E-state index contributed by atoms with van der Waals surface area (Å²) in [6, 6.07) is 16.6. The minimum atomic E-state index is -0.427. The van der Waals surface area contributed by atoms with Crippen LogP contribution in [-0.4, -0.2) is 14.0 Å². The molecular formula is C21H16N4O2. The van der Waals surface area contributed by atoms with E-state index in [-0.39, 0.29) is 16.5 Å². The van der Waals surface area contributed by atoms with E-state index < -0.39 is 5.56 Å². The van der Waals surface area contributed by atoms with Gasteiger partial charge in [0.25, 0.3) is 11.1 Å². The lowest BCUT2D eigenvalue weighted by Crippen LogP contribution is -2.28. The minimum absolute atomic E-state index is 0.0536. The zero-order chi connectivity index (χ0) is 19.0. The molecule has 3 heterocycles. The van der Waals surface area contributed by atoms with Crippen molar-refractivity contribution in [2.24, 2.45) is 0 Å². The molecule has 0 radical (unpaired) electrons. The van der Waals surface area contributed by atoms with Gasteiger partial charge >= 0.3 is 0 Å². The van der Waals surface area contributed by atoms with Crippen molar-refractivity contribution < 1.29 is 0 Å². The monoisotopic (exact) mass is 356 g/mol. The molecule has 132 valence electrons. The highest BCUT2D eigenvalue weighted by Crippen LogP contribution is 2.12. The van der Waals surface area contributed by atoms with Gasteiger partial charge in [-0.05, 0) is 36.6 Å². The second kappa shape index (κ2) is 6.54. The van der Waals surface area contributed by atoms with Crippen molar-refractivity contribution in [2.75, 3.05) is 0 Å². The Balaban J connectivity index is 1.98. The Hall–Kier alpha value is -3.72. The molecule has 0 saturated carbocycles. The predicted octanol–water partition coefficient (Wildman–Crippen LogP) is 2.43. The highest BCUT2D eigenvalue weighted by molar-refractivity contribution is 5.77. The molecule has 6 nitrogen and oxygen atoms in total. The van der Waals surface area contributed by atoms with E-state index in [1.54, 1.807) is 12.3 Å². The van der Waals surface area contributed by atoms with Crippen molar-refractivity contribution in [3.63, 3.8) is 0 Å². The number of nitrogens with zero attached hydrogens (tertiary/aromatic N) is 4. The first kappa shape index (κ1) is 16.7. The number of aryl methyl sites for hydroxylation is 3. The molecule has 0 amide bonds. The Morgan fingerprint density at radius 1 is 1.07 bits per heavy atom. The molecule has 4 rings (SSSR count). The van der Waals surface area contributed by atoms with Crippen molar-refractivity contribution in [2.45, 2.75) is 19.9 Å². The molecule has 0 N–H and O–H groups in total. The van der Waals surface area contributed by atoms with Crippen LogP contribution in [0.25, 0.3) is 16.7 Å². The summed E-state index contributed by atoms with van der Waals surface area (Å²) >= 11 is 0. The van der Waals surface area contributed by atoms with Crippen LogP contribution in [0.5, 0.6) is 0 Å². The Kier molecular flexibility index (Phi) is 4.05. The van der Waals surface area contributed by atoms with Gasteiger partial charge in [0, 0.05) is 12.7 Å². The van der Waals surface area contributed by atoms with E-state index in [0.29, 0.717) is 24.3 Å². The van der Waals surface area contributed by atoms with Crippen molar-refractivity contribution in [1.82, 2.24) is 14.0 Å². The van der Waals surface area contributed by atoms with Crippen LogP contribution in [0.4, 0.5) is 0 Å². The number of aromatic nitrogens is 3. The van der Waals surface area contributed by atoms with E-state index in [1.165, 1.54) is 15.0 Å². The largest absolute Gasteiger partial charge is 0.291 e. The highest BCUT2D eigenvalue weighted by atomic mass is 16.1. The summed E-state index contributed by atoms with van der Waals surface area (Å²) in [6.45, 7) is 2.22. The summed E-state index contributed by atoms with van der Waals surface area (Å²) in [5.74, 6) is 0. The molecule has 0 aliphatic rings. The number of hydrogen-bond donors (Lipinski definition) is 0. The van der Waals surface area contributed by atoms with Crippen LogP contribution >= 0.6 is 0 Å². The van der Waals surface area contributed by atoms with Gasteiger partial charge in [-0.3, -0.25) is 18.6 Å². The Morgan fingerprint density at radius 3 is 2.59 bits per heavy atom. The van der Waals surface area contributed by atoms with E-state index in [9.17, 15) is 14.9 Å². The van der Waals surface area contributed by atoms with Crippen molar-refractivity contribution >= 4 is 16.7 Å². The first-order valence-electron chi connectivity index (χ1n) is 8.59. The van der Waals surface area contributed by atoms with Crippen molar-refractivity contribution in [3.8, 4) is 6.07 Å². The molecular weight excluding hydrogens is 340 g/mol. The lowest BCUT2D eigenvalue weighted by Gasteiger charge is -2.11. The predicted molar refractivity (Wildman–Crippen MR) is 103 cm³/mol. The van der Waals surface area contributed by atoms with Gasteiger partial charge in [0.05, 0.1) is 5.39 Å². The van der Waals surface area contributed by atoms with Gasteiger partial charge < -0.3 is 0 Å². The minimum Gasteiger partial charge on any atom is -0.291 e. The maximum Gasteiger partial charge on any atom is 0.270 e. The van der Waals surface area contributed by atoms with Crippen LogP contribution in [0.15, 0.2) is 64.3 Å².